The van der Waals surface area contributed by atoms with E-state index in [0.717, 1.165) is 6.42 Å². The fraction of sp³-hybridized carbons (Fsp3) is 0.348. The van der Waals surface area contributed by atoms with Gasteiger partial charge in [-0.05, 0) is 80.9 Å². The quantitative estimate of drug-likeness (QED) is 0.545. The van der Waals surface area contributed by atoms with Gasteiger partial charge in [0.2, 0.25) is 0 Å². The molecule has 2 amide bonds. The van der Waals surface area contributed by atoms with Gasteiger partial charge in [-0.3, -0.25) is 14.9 Å². The van der Waals surface area contributed by atoms with E-state index in [1.54, 1.807) is 42.5 Å². The molecule has 0 unspecified atom stereocenters. The van der Waals surface area contributed by atoms with Crippen LogP contribution in [-0.2, 0) is 0 Å². The number of benzene rings is 2. The highest BCUT2D eigenvalue weighted by Crippen LogP contribution is 2.15. The normalized spacial score (nSPS) is 10.6. The molecule has 0 fully saturated rings. The molecule has 160 valence electrons. The molecule has 2 rings (SSSR count). The van der Waals surface area contributed by atoms with E-state index in [2.05, 4.69) is 29.8 Å². The summed E-state index contributed by atoms with van der Waals surface area (Å²) < 4.78 is 5.70. The lowest BCUT2D eigenvalue weighted by atomic mass is 10.1. The van der Waals surface area contributed by atoms with E-state index in [0.29, 0.717) is 35.1 Å². The van der Waals surface area contributed by atoms with Gasteiger partial charge < -0.3 is 15.4 Å². The van der Waals surface area contributed by atoms with Gasteiger partial charge in [-0.25, -0.2) is 0 Å². The SMILES string of the molecule is CC(C)CCOc1cccc(C(=O)NC(=S)Nc2ccc(C(=O)NC(C)C)cc2)c1. The van der Waals surface area contributed by atoms with E-state index in [9.17, 15) is 9.59 Å². The molecular formula is C23H29N3O3S. The monoisotopic (exact) mass is 427 g/mol. The fourth-order valence-electron chi connectivity index (χ4n) is 2.53. The molecule has 0 spiro atoms. The third-order valence-electron chi connectivity index (χ3n) is 4.11. The molecular weight excluding hydrogens is 398 g/mol. The Balaban J connectivity index is 1.90. The largest absolute Gasteiger partial charge is 0.494 e. The first-order valence-corrected chi connectivity index (χ1v) is 10.4. The predicted molar refractivity (Wildman–Crippen MR) is 124 cm³/mol. The highest BCUT2D eigenvalue weighted by Gasteiger charge is 2.10. The zero-order valence-electron chi connectivity index (χ0n) is 17.8. The van der Waals surface area contributed by atoms with Gasteiger partial charge in [-0.2, -0.15) is 0 Å². The topological polar surface area (TPSA) is 79.5 Å². The van der Waals surface area contributed by atoms with Crippen LogP contribution in [0.5, 0.6) is 5.75 Å². The average molecular weight is 428 g/mol. The van der Waals surface area contributed by atoms with Crippen LogP contribution in [0.1, 0.15) is 54.8 Å². The first-order valence-electron chi connectivity index (χ1n) is 10.0. The minimum atomic E-state index is -0.324. The van der Waals surface area contributed by atoms with Gasteiger partial charge in [-0.15, -0.1) is 0 Å². The Labute approximate surface area is 183 Å². The number of rotatable bonds is 8. The van der Waals surface area contributed by atoms with Gasteiger partial charge in [0.1, 0.15) is 5.75 Å². The van der Waals surface area contributed by atoms with Gasteiger partial charge >= 0.3 is 0 Å². The van der Waals surface area contributed by atoms with Gasteiger partial charge in [-0.1, -0.05) is 19.9 Å². The van der Waals surface area contributed by atoms with Gasteiger partial charge in [0.15, 0.2) is 5.11 Å². The molecule has 0 heterocycles. The number of anilines is 1. The Bertz CT molecular complexity index is 880. The lowest BCUT2D eigenvalue weighted by Crippen LogP contribution is -2.34. The molecule has 0 bridgehead atoms. The summed E-state index contributed by atoms with van der Waals surface area (Å²) in [7, 11) is 0. The van der Waals surface area contributed by atoms with Gasteiger partial charge in [0, 0.05) is 22.9 Å². The zero-order valence-corrected chi connectivity index (χ0v) is 18.6. The molecule has 30 heavy (non-hydrogen) atoms. The molecule has 0 aliphatic carbocycles. The standard InChI is InChI=1S/C23H29N3O3S/c1-15(2)12-13-29-20-7-5-6-18(14-20)22(28)26-23(30)25-19-10-8-17(9-11-19)21(27)24-16(3)4/h5-11,14-16H,12-13H2,1-4H3,(H,24,27)(H2,25,26,28,30). The molecule has 0 saturated carbocycles. The molecule has 0 aromatic heterocycles. The number of carbonyl (C=O) groups is 2. The summed E-state index contributed by atoms with van der Waals surface area (Å²) in [5.74, 6) is 0.744. The van der Waals surface area contributed by atoms with Crippen molar-refractivity contribution >= 4 is 34.8 Å². The number of carbonyl (C=O) groups excluding carboxylic acids is 2. The minimum Gasteiger partial charge on any atom is -0.494 e. The maximum absolute atomic E-state index is 12.5. The first-order chi connectivity index (χ1) is 14.2. The Morgan fingerprint density at radius 2 is 1.67 bits per heavy atom. The number of nitrogens with one attached hydrogen (secondary N) is 3. The second-order valence-corrected chi connectivity index (χ2v) is 8.08. The van der Waals surface area contributed by atoms with Crippen molar-refractivity contribution in [2.24, 2.45) is 5.92 Å². The summed E-state index contributed by atoms with van der Waals surface area (Å²) in [4.78, 5) is 24.5. The van der Waals surface area contributed by atoms with Gasteiger partial charge in [0.25, 0.3) is 11.8 Å². The minimum absolute atomic E-state index is 0.0669. The molecule has 3 N–H and O–H groups in total. The highest BCUT2D eigenvalue weighted by atomic mass is 32.1. The van der Waals surface area contributed by atoms with Crippen LogP contribution in [0.4, 0.5) is 5.69 Å². The molecule has 0 saturated heterocycles. The molecule has 0 aliphatic rings. The first kappa shape index (κ1) is 23.3. The smallest absolute Gasteiger partial charge is 0.257 e. The van der Waals surface area contributed by atoms with Crippen molar-refractivity contribution in [3.8, 4) is 5.75 Å². The molecule has 7 heteroatoms. The summed E-state index contributed by atoms with van der Waals surface area (Å²) in [6.45, 7) is 8.68. The van der Waals surface area contributed by atoms with Crippen molar-refractivity contribution in [1.29, 1.82) is 0 Å². The fourth-order valence-corrected chi connectivity index (χ4v) is 2.74. The maximum atomic E-state index is 12.5. The lowest BCUT2D eigenvalue weighted by molar-refractivity contribution is 0.0941. The van der Waals surface area contributed by atoms with Crippen LogP contribution in [-0.4, -0.2) is 29.6 Å². The van der Waals surface area contributed by atoms with Crippen molar-refractivity contribution in [2.75, 3.05) is 11.9 Å². The second-order valence-electron chi connectivity index (χ2n) is 7.67. The van der Waals surface area contributed by atoms with Crippen LogP contribution in [0.2, 0.25) is 0 Å². The number of hydrogen-bond acceptors (Lipinski definition) is 4. The Morgan fingerprint density at radius 3 is 2.30 bits per heavy atom. The molecule has 0 aliphatic heterocycles. The average Bonchev–Trinajstić information content (AvgIpc) is 2.68. The number of hydrogen-bond donors (Lipinski definition) is 3. The van der Waals surface area contributed by atoms with E-state index in [4.69, 9.17) is 17.0 Å². The van der Waals surface area contributed by atoms with Crippen LogP contribution < -0.4 is 20.7 Å². The second kappa shape index (κ2) is 11.3. The Kier molecular flexibility index (Phi) is 8.80. The van der Waals surface area contributed by atoms with Crippen LogP contribution >= 0.6 is 12.2 Å². The lowest BCUT2D eigenvalue weighted by Gasteiger charge is -2.12. The van der Waals surface area contributed by atoms with Crippen LogP contribution in [0, 0.1) is 5.92 Å². The Morgan fingerprint density at radius 1 is 0.967 bits per heavy atom. The van der Waals surface area contributed by atoms with Crippen molar-refractivity contribution < 1.29 is 14.3 Å². The zero-order chi connectivity index (χ0) is 22.1. The van der Waals surface area contributed by atoms with Crippen LogP contribution in [0.25, 0.3) is 0 Å². The number of amides is 2. The van der Waals surface area contributed by atoms with Crippen LogP contribution in [0.3, 0.4) is 0 Å². The molecule has 2 aromatic rings. The van der Waals surface area contributed by atoms with E-state index in [1.165, 1.54) is 0 Å². The third kappa shape index (κ3) is 7.83. The van der Waals surface area contributed by atoms with E-state index in [1.807, 2.05) is 19.9 Å². The van der Waals surface area contributed by atoms with E-state index in [-0.39, 0.29) is 23.0 Å². The van der Waals surface area contributed by atoms with Gasteiger partial charge in [0.05, 0.1) is 6.61 Å². The summed E-state index contributed by atoms with van der Waals surface area (Å²) in [5, 5.41) is 8.61. The third-order valence-corrected chi connectivity index (χ3v) is 4.32. The molecule has 2 aromatic carbocycles. The van der Waals surface area contributed by atoms with E-state index >= 15 is 0 Å². The molecule has 0 atom stereocenters. The van der Waals surface area contributed by atoms with Crippen molar-refractivity contribution in [3.63, 3.8) is 0 Å². The van der Waals surface area contributed by atoms with E-state index < -0.39 is 0 Å². The van der Waals surface area contributed by atoms with Crippen molar-refractivity contribution in [3.05, 3.63) is 59.7 Å². The van der Waals surface area contributed by atoms with Crippen LogP contribution in [0.15, 0.2) is 48.5 Å². The summed E-state index contributed by atoms with van der Waals surface area (Å²) in [5.41, 5.74) is 1.69. The summed E-state index contributed by atoms with van der Waals surface area (Å²) >= 11 is 5.23. The van der Waals surface area contributed by atoms with Crippen molar-refractivity contribution in [2.45, 2.75) is 40.2 Å². The molecule has 0 radical (unpaired) electrons. The number of ether oxygens (including phenoxy) is 1. The summed E-state index contributed by atoms with van der Waals surface area (Å²) in [6.07, 6.45) is 0.947. The summed E-state index contributed by atoms with van der Waals surface area (Å²) in [6, 6.07) is 13.9. The number of thiocarbonyl (C=S) groups is 1. The predicted octanol–water partition coefficient (Wildman–Crippen LogP) is 4.38. The Hall–Kier alpha value is -2.93. The molecule has 6 nitrogen and oxygen atoms in total. The highest BCUT2D eigenvalue weighted by molar-refractivity contribution is 7.80. The van der Waals surface area contributed by atoms with Crippen molar-refractivity contribution in [1.82, 2.24) is 10.6 Å². The maximum Gasteiger partial charge on any atom is 0.257 e.